The number of para-hydroxylation sites is 1. The van der Waals surface area contributed by atoms with Crippen molar-refractivity contribution in [2.45, 2.75) is 26.0 Å². The molecule has 1 atom stereocenters. The van der Waals surface area contributed by atoms with Crippen molar-refractivity contribution in [2.24, 2.45) is 0 Å². The Hall–Kier alpha value is -2.69. The minimum atomic E-state index is -0.447. The van der Waals surface area contributed by atoms with Gasteiger partial charge in [0.2, 0.25) is 0 Å². The van der Waals surface area contributed by atoms with Crippen LogP contribution in [0.1, 0.15) is 18.1 Å². The fraction of sp³-hybridized carbons (Fsp3) is 0.350. The van der Waals surface area contributed by atoms with Crippen LogP contribution in [0.2, 0.25) is 0 Å². The molecular formula is C20H23NO4. The Bertz CT molecular complexity index is 734. The molecule has 1 unspecified atom stereocenters. The maximum Gasteiger partial charge on any atom is 0.264 e. The van der Waals surface area contributed by atoms with E-state index in [0.29, 0.717) is 31.0 Å². The number of likely N-dealkylation sites (N-methyl/N-ethyl adjacent to an activating group) is 1. The van der Waals surface area contributed by atoms with Crippen molar-refractivity contribution in [3.05, 3.63) is 53.6 Å². The van der Waals surface area contributed by atoms with E-state index >= 15 is 0 Å². The molecule has 0 N–H and O–H groups in total. The third-order valence-corrected chi connectivity index (χ3v) is 4.44. The number of amides is 1. The number of carbonyl (C=O) groups excluding carboxylic acids is 1. The van der Waals surface area contributed by atoms with Crippen molar-refractivity contribution in [1.82, 2.24) is 4.90 Å². The predicted octanol–water partition coefficient (Wildman–Crippen LogP) is 3.06. The summed E-state index contributed by atoms with van der Waals surface area (Å²) in [4.78, 5) is 14.7. The standard InChI is InChI=1S/C20H23NO4/c1-4-21(13-14-9-10-17(23-2)18(11-14)24-3)20(22)19-12-15-7-5-6-8-16(15)25-19/h5-11,19H,4,12-13H2,1-3H3. The van der Waals surface area contributed by atoms with Gasteiger partial charge in [0.15, 0.2) is 17.6 Å². The van der Waals surface area contributed by atoms with E-state index < -0.39 is 6.10 Å². The molecule has 1 aliphatic rings. The number of rotatable bonds is 6. The third-order valence-electron chi connectivity index (χ3n) is 4.44. The fourth-order valence-corrected chi connectivity index (χ4v) is 3.07. The van der Waals surface area contributed by atoms with Crippen molar-refractivity contribution >= 4 is 5.91 Å². The first-order valence-electron chi connectivity index (χ1n) is 8.40. The number of ether oxygens (including phenoxy) is 3. The van der Waals surface area contributed by atoms with Crippen molar-refractivity contribution in [3.8, 4) is 17.2 Å². The Balaban J connectivity index is 1.72. The van der Waals surface area contributed by atoms with Gasteiger partial charge in [-0.05, 0) is 36.2 Å². The predicted molar refractivity (Wildman–Crippen MR) is 95.2 cm³/mol. The molecule has 2 aromatic rings. The van der Waals surface area contributed by atoms with Crippen molar-refractivity contribution in [2.75, 3.05) is 20.8 Å². The zero-order valence-corrected chi connectivity index (χ0v) is 14.8. The maximum absolute atomic E-state index is 12.9. The molecule has 1 aliphatic heterocycles. The van der Waals surface area contributed by atoms with Crippen molar-refractivity contribution in [1.29, 1.82) is 0 Å². The van der Waals surface area contributed by atoms with Crippen LogP contribution >= 0.6 is 0 Å². The van der Waals surface area contributed by atoms with E-state index in [2.05, 4.69) is 0 Å². The smallest absolute Gasteiger partial charge is 0.264 e. The molecule has 0 aromatic heterocycles. The maximum atomic E-state index is 12.9. The van der Waals surface area contributed by atoms with Crippen molar-refractivity contribution < 1.29 is 19.0 Å². The largest absolute Gasteiger partial charge is 0.493 e. The normalized spacial score (nSPS) is 15.2. The molecule has 0 radical (unpaired) electrons. The van der Waals surface area contributed by atoms with Gasteiger partial charge in [0.05, 0.1) is 14.2 Å². The molecule has 0 aliphatic carbocycles. The van der Waals surface area contributed by atoms with Gasteiger partial charge in [-0.3, -0.25) is 4.79 Å². The van der Waals surface area contributed by atoms with Gasteiger partial charge in [-0.15, -0.1) is 0 Å². The molecule has 0 bridgehead atoms. The van der Waals surface area contributed by atoms with Crippen LogP contribution in [-0.2, 0) is 17.8 Å². The number of benzene rings is 2. The molecule has 1 amide bonds. The number of methoxy groups -OCH3 is 2. The van der Waals surface area contributed by atoms with Gasteiger partial charge in [-0.1, -0.05) is 24.3 Å². The summed E-state index contributed by atoms with van der Waals surface area (Å²) in [7, 11) is 3.21. The molecule has 25 heavy (non-hydrogen) atoms. The van der Waals surface area contributed by atoms with Gasteiger partial charge in [0, 0.05) is 19.5 Å². The van der Waals surface area contributed by atoms with Gasteiger partial charge in [-0.25, -0.2) is 0 Å². The summed E-state index contributed by atoms with van der Waals surface area (Å²) in [6.07, 6.45) is 0.176. The van der Waals surface area contributed by atoms with E-state index in [1.807, 2.05) is 49.4 Å². The van der Waals surface area contributed by atoms with E-state index in [0.717, 1.165) is 16.9 Å². The zero-order valence-electron chi connectivity index (χ0n) is 14.8. The molecular weight excluding hydrogens is 318 g/mol. The molecule has 0 saturated heterocycles. The van der Waals surface area contributed by atoms with E-state index in [1.165, 1.54) is 0 Å². The van der Waals surface area contributed by atoms with Crippen LogP contribution in [0, 0.1) is 0 Å². The summed E-state index contributed by atoms with van der Waals surface area (Å²) in [5, 5.41) is 0. The molecule has 1 heterocycles. The Morgan fingerprint density at radius 1 is 1.16 bits per heavy atom. The van der Waals surface area contributed by atoms with E-state index in [-0.39, 0.29) is 5.91 Å². The summed E-state index contributed by atoms with van der Waals surface area (Å²) in [6.45, 7) is 3.09. The zero-order chi connectivity index (χ0) is 17.8. The number of hydrogen-bond acceptors (Lipinski definition) is 4. The van der Waals surface area contributed by atoms with Crippen LogP contribution < -0.4 is 14.2 Å². The summed E-state index contributed by atoms with van der Waals surface area (Å²) in [6, 6.07) is 13.5. The second-order valence-corrected chi connectivity index (χ2v) is 5.96. The van der Waals surface area contributed by atoms with Crippen LogP contribution in [0.15, 0.2) is 42.5 Å². The second-order valence-electron chi connectivity index (χ2n) is 5.96. The van der Waals surface area contributed by atoms with Gasteiger partial charge >= 0.3 is 0 Å². The average Bonchev–Trinajstić information content (AvgIpc) is 3.09. The average molecular weight is 341 g/mol. The minimum Gasteiger partial charge on any atom is -0.493 e. The van der Waals surface area contributed by atoms with Crippen LogP contribution in [0.4, 0.5) is 0 Å². The first kappa shape index (κ1) is 17.1. The summed E-state index contributed by atoms with van der Waals surface area (Å²) >= 11 is 0. The van der Waals surface area contributed by atoms with Crippen molar-refractivity contribution in [3.63, 3.8) is 0 Å². The van der Waals surface area contributed by atoms with Gasteiger partial charge in [0.25, 0.3) is 5.91 Å². The van der Waals surface area contributed by atoms with E-state index in [4.69, 9.17) is 14.2 Å². The lowest BCUT2D eigenvalue weighted by Gasteiger charge is -2.24. The van der Waals surface area contributed by atoms with Gasteiger partial charge in [0.1, 0.15) is 5.75 Å². The first-order chi connectivity index (χ1) is 12.2. The minimum absolute atomic E-state index is 0.00786. The number of fused-ring (bicyclic) bond motifs is 1. The highest BCUT2D eigenvalue weighted by atomic mass is 16.5. The lowest BCUT2D eigenvalue weighted by atomic mass is 10.1. The molecule has 0 spiro atoms. The highest BCUT2D eigenvalue weighted by Gasteiger charge is 2.31. The summed E-state index contributed by atoms with van der Waals surface area (Å²) in [5.74, 6) is 2.15. The Labute approximate surface area is 148 Å². The fourth-order valence-electron chi connectivity index (χ4n) is 3.07. The topological polar surface area (TPSA) is 48.0 Å². The number of carbonyl (C=O) groups is 1. The third kappa shape index (κ3) is 3.55. The molecule has 0 saturated carbocycles. The monoisotopic (exact) mass is 341 g/mol. The number of hydrogen-bond donors (Lipinski definition) is 0. The SMILES string of the molecule is CCN(Cc1ccc(OC)c(OC)c1)C(=O)C1Cc2ccccc2O1. The summed E-state index contributed by atoms with van der Waals surface area (Å²) in [5.41, 5.74) is 2.08. The quantitative estimate of drug-likeness (QED) is 0.810. The molecule has 5 heteroatoms. The Morgan fingerprint density at radius 2 is 1.92 bits per heavy atom. The number of nitrogens with zero attached hydrogens (tertiary/aromatic N) is 1. The summed E-state index contributed by atoms with van der Waals surface area (Å²) < 4.78 is 16.4. The van der Waals surface area contributed by atoms with Crippen LogP contribution in [0.3, 0.4) is 0 Å². The lowest BCUT2D eigenvalue weighted by Crippen LogP contribution is -2.40. The van der Waals surface area contributed by atoms with Gasteiger partial charge in [-0.2, -0.15) is 0 Å². The van der Waals surface area contributed by atoms with Crippen LogP contribution in [-0.4, -0.2) is 37.7 Å². The molecule has 132 valence electrons. The van der Waals surface area contributed by atoms with Crippen LogP contribution in [0.25, 0.3) is 0 Å². The molecule has 2 aromatic carbocycles. The molecule has 0 fully saturated rings. The second kappa shape index (κ2) is 7.47. The highest BCUT2D eigenvalue weighted by molar-refractivity contribution is 5.82. The Kier molecular flexibility index (Phi) is 5.12. The van der Waals surface area contributed by atoms with Crippen LogP contribution in [0.5, 0.6) is 17.2 Å². The molecule has 5 nitrogen and oxygen atoms in total. The van der Waals surface area contributed by atoms with Gasteiger partial charge < -0.3 is 19.1 Å². The first-order valence-corrected chi connectivity index (χ1v) is 8.40. The highest BCUT2D eigenvalue weighted by Crippen LogP contribution is 2.30. The Morgan fingerprint density at radius 3 is 2.60 bits per heavy atom. The van der Waals surface area contributed by atoms with E-state index in [9.17, 15) is 4.79 Å². The lowest BCUT2D eigenvalue weighted by molar-refractivity contribution is -0.138. The van der Waals surface area contributed by atoms with E-state index in [1.54, 1.807) is 19.1 Å². The molecule has 3 rings (SSSR count).